The lowest BCUT2D eigenvalue weighted by molar-refractivity contribution is 0.469. The van der Waals surface area contributed by atoms with Gasteiger partial charge in [0.2, 0.25) is 0 Å². The topological polar surface area (TPSA) is 0 Å². The van der Waals surface area contributed by atoms with Gasteiger partial charge in [0, 0.05) is 9.84 Å². The van der Waals surface area contributed by atoms with Gasteiger partial charge in [-0.15, -0.1) is 0 Å². The predicted octanol–water partition coefficient (Wildman–Crippen LogP) is 2.94. The highest BCUT2D eigenvalue weighted by Crippen LogP contribution is 2.07. The van der Waals surface area contributed by atoms with Crippen molar-refractivity contribution in [2.75, 3.05) is 0 Å². The van der Waals surface area contributed by atoms with Crippen LogP contribution in [0.5, 0.6) is 0 Å². The molecule has 0 saturated carbocycles. The van der Waals surface area contributed by atoms with Gasteiger partial charge in [0.15, 0.2) is 0 Å². The minimum absolute atomic E-state index is 0. The van der Waals surface area contributed by atoms with Gasteiger partial charge in [0.1, 0.15) is 0 Å². The summed E-state index contributed by atoms with van der Waals surface area (Å²) in [5.41, 5.74) is 0.500. The van der Waals surface area contributed by atoms with Crippen molar-refractivity contribution in [2.24, 2.45) is 5.41 Å². The quantitative estimate of drug-likeness (QED) is 0.427. The van der Waals surface area contributed by atoms with Crippen molar-refractivity contribution < 1.29 is 1.43 Å². The highest BCUT2D eigenvalue weighted by molar-refractivity contribution is 5.75. The van der Waals surface area contributed by atoms with E-state index in [1.54, 1.807) is 0 Å². The smallest absolute Gasteiger partial charge is 0 e. The molecule has 0 aliphatic heterocycles. The van der Waals surface area contributed by atoms with E-state index in [4.69, 9.17) is 0 Å². The zero-order valence-corrected chi connectivity index (χ0v) is 7.08. The summed E-state index contributed by atoms with van der Waals surface area (Å²) < 4.78 is 0. The molecule has 8 heavy (non-hydrogen) atoms. The highest BCUT2D eigenvalue weighted by Gasteiger charge is 1.95. The Bertz CT molecular complexity index is 24.4. The molecule has 0 aliphatic carbocycles. The first-order valence-corrected chi connectivity index (χ1v) is 3.00. The van der Waals surface area contributed by atoms with Crippen LogP contribution in [0.3, 0.4) is 0 Å². The van der Waals surface area contributed by atoms with Gasteiger partial charge < -0.3 is 0 Å². The van der Waals surface area contributed by atoms with Gasteiger partial charge in [-0.2, -0.15) is 0 Å². The van der Waals surface area contributed by atoms with Crippen molar-refractivity contribution in [2.45, 2.75) is 41.5 Å². The SMILES string of the molecule is CC.CC(C)(C)C.[2HH].[B]. The van der Waals surface area contributed by atoms with Crippen LogP contribution in [0, 0.1) is 5.41 Å². The Hall–Kier alpha value is 0.0649. The average Bonchev–Trinajstić information content (AvgIpc) is 1.36. The number of hydrogen-bond donors (Lipinski definition) is 0. The lowest BCUT2D eigenvalue weighted by Crippen LogP contribution is -1.93. The average molecular weight is 116 g/mol. The minimum Gasteiger partial charge on any atom is -0.0683 e. The van der Waals surface area contributed by atoms with Gasteiger partial charge >= 0.3 is 0 Å². The second-order valence-corrected chi connectivity index (χ2v) is 3.00. The summed E-state index contributed by atoms with van der Waals surface area (Å²) in [7, 11) is 0. The maximum atomic E-state index is 2.19. The molecular formula is C7H20B. The molecule has 0 spiro atoms. The fourth-order valence-corrected chi connectivity index (χ4v) is 0. The molecule has 0 rings (SSSR count). The molecule has 0 aromatic rings. The van der Waals surface area contributed by atoms with E-state index >= 15 is 0 Å². The van der Waals surface area contributed by atoms with E-state index in [1.807, 2.05) is 13.8 Å². The van der Waals surface area contributed by atoms with E-state index in [0.717, 1.165) is 0 Å². The van der Waals surface area contributed by atoms with Gasteiger partial charge in [-0.1, -0.05) is 41.5 Å². The van der Waals surface area contributed by atoms with Gasteiger partial charge in [-0.05, 0) is 5.41 Å². The summed E-state index contributed by atoms with van der Waals surface area (Å²) in [4.78, 5) is 0. The summed E-state index contributed by atoms with van der Waals surface area (Å²) in [5.74, 6) is 0. The fraction of sp³-hybridized carbons (Fsp3) is 1.00. The first-order chi connectivity index (χ1) is 3.00. The van der Waals surface area contributed by atoms with Gasteiger partial charge in [-0.25, -0.2) is 0 Å². The normalized spacial score (nSPS) is 8.25. The highest BCUT2D eigenvalue weighted by atomic mass is 14.0. The number of rotatable bonds is 0. The lowest BCUT2D eigenvalue weighted by Gasteiger charge is -2.05. The van der Waals surface area contributed by atoms with Crippen LogP contribution in [-0.2, 0) is 0 Å². The maximum absolute atomic E-state index is 2.19. The first-order valence-electron chi connectivity index (χ1n) is 3.00. The molecular weight excluding hydrogens is 94.9 g/mol. The van der Waals surface area contributed by atoms with Crippen LogP contribution in [0.4, 0.5) is 0 Å². The van der Waals surface area contributed by atoms with E-state index in [9.17, 15) is 0 Å². The monoisotopic (exact) mass is 116 g/mol. The maximum Gasteiger partial charge on any atom is 0 e. The summed E-state index contributed by atoms with van der Waals surface area (Å²) >= 11 is 0. The Balaban J connectivity index is -0.0000000286. The van der Waals surface area contributed by atoms with Crippen LogP contribution in [-0.4, -0.2) is 8.41 Å². The van der Waals surface area contributed by atoms with Crippen LogP contribution >= 0.6 is 0 Å². The predicted molar refractivity (Wildman–Crippen MR) is 44.3 cm³/mol. The van der Waals surface area contributed by atoms with E-state index in [-0.39, 0.29) is 9.84 Å². The van der Waals surface area contributed by atoms with E-state index in [0.29, 0.717) is 5.41 Å². The summed E-state index contributed by atoms with van der Waals surface area (Å²) in [6.07, 6.45) is 0. The molecule has 0 aromatic carbocycles. The third kappa shape index (κ3) is 36900. The Labute approximate surface area is 57.7 Å². The Kier molecular flexibility index (Phi) is 13.9. The number of hydrogen-bond acceptors (Lipinski definition) is 0. The molecule has 0 amide bonds. The summed E-state index contributed by atoms with van der Waals surface area (Å²) in [6, 6.07) is 0. The van der Waals surface area contributed by atoms with Crippen molar-refractivity contribution in [3.8, 4) is 0 Å². The van der Waals surface area contributed by atoms with Crippen molar-refractivity contribution in [1.82, 2.24) is 0 Å². The molecule has 1 heteroatoms. The molecule has 0 aliphatic rings. The van der Waals surface area contributed by atoms with Crippen molar-refractivity contribution in [3.63, 3.8) is 0 Å². The summed E-state index contributed by atoms with van der Waals surface area (Å²) in [5, 5.41) is 0. The van der Waals surface area contributed by atoms with Gasteiger partial charge in [-0.3, -0.25) is 0 Å². The van der Waals surface area contributed by atoms with Crippen molar-refractivity contribution in [1.29, 1.82) is 0 Å². The molecule has 0 saturated heterocycles. The molecule has 0 unspecified atom stereocenters. The molecule has 3 radical (unpaired) electrons. The van der Waals surface area contributed by atoms with Crippen LogP contribution in [0.2, 0.25) is 0 Å². The Morgan fingerprint density at radius 2 is 0.875 bits per heavy atom. The first kappa shape index (κ1) is 15.7. The van der Waals surface area contributed by atoms with Gasteiger partial charge in [0.25, 0.3) is 0 Å². The van der Waals surface area contributed by atoms with Crippen molar-refractivity contribution >= 4 is 8.41 Å². The van der Waals surface area contributed by atoms with E-state index in [1.165, 1.54) is 0 Å². The second kappa shape index (κ2) is 7.06. The van der Waals surface area contributed by atoms with Gasteiger partial charge in [0.05, 0.1) is 0 Å². The lowest BCUT2D eigenvalue weighted by atomic mass is 10.0. The Morgan fingerprint density at radius 3 is 0.875 bits per heavy atom. The molecule has 0 N–H and O–H groups in total. The molecule has 0 atom stereocenters. The van der Waals surface area contributed by atoms with E-state index < -0.39 is 0 Å². The fourth-order valence-electron chi connectivity index (χ4n) is 0. The summed E-state index contributed by atoms with van der Waals surface area (Å²) in [6.45, 7) is 12.8. The molecule has 0 nitrogen and oxygen atoms in total. The zero-order valence-electron chi connectivity index (χ0n) is 7.08. The third-order valence-corrected chi connectivity index (χ3v) is 0. The van der Waals surface area contributed by atoms with Crippen LogP contribution in [0.15, 0.2) is 0 Å². The molecule has 0 fully saturated rings. The zero-order chi connectivity index (χ0) is 6.50. The molecule has 0 bridgehead atoms. The molecule has 51 valence electrons. The molecule has 0 heterocycles. The standard InChI is InChI=1S/C5H12.C2H6.B.H2/c1-5(2,3)4;1-2;;/h1-4H3;1-2H3;;1H/i;;;1+1. The van der Waals surface area contributed by atoms with E-state index in [2.05, 4.69) is 27.7 Å². The van der Waals surface area contributed by atoms with Crippen LogP contribution in [0.25, 0.3) is 0 Å². The van der Waals surface area contributed by atoms with Crippen LogP contribution in [0.1, 0.15) is 43.0 Å². The Morgan fingerprint density at radius 1 is 0.875 bits per heavy atom. The van der Waals surface area contributed by atoms with Crippen molar-refractivity contribution in [3.05, 3.63) is 0 Å². The minimum atomic E-state index is 0. The molecule has 0 aromatic heterocycles. The largest absolute Gasteiger partial charge is 0.0683 e. The third-order valence-electron chi connectivity index (χ3n) is 0. The van der Waals surface area contributed by atoms with Crippen LogP contribution < -0.4 is 0 Å². The second-order valence-electron chi connectivity index (χ2n) is 3.00.